The molecule has 1 saturated heterocycles. The predicted molar refractivity (Wildman–Crippen MR) is 163 cm³/mol. The highest BCUT2D eigenvalue weighted by molar-refractivity contribution is 6.39. The van der Waals surface area contributed by atoms with Crippen molar-refractivity contribution < 1.29 is 19.1 Å². The van der Waals surface area contributed by atoms with Gasteiger partial charge in [-0.1, -0.05) is 59.6 Å². The number of rotatable bonds is 6. The van der Waals surface area contributed by atoms with Gasteiger partial charge in [0.15, 0.2) is 0 Å². The molecule has 3 aromatic rings. The van der Waals surface area contributed by atoms with Gasteiger partial charge in [-0.05, 0) is 104 Å². The van der Waals surface area contributed by atoms with Gasteiger partial charge in [-0.3, -0.25) is 14.9 Å². The van der Waals surface area contributed by atoms with E-state index in [-0.39, 0.29) is 17.6 Å². The molecule has 0 aromatic heterocycles. The fraction of sp³-hybridized carbons (Fsp3) is 0.324. The molecule has 1 heterocycles. The summed E-state index contributed by atoms with van der Waals surface area (Å²) in [6, 6.07) is 19.3. The minimum Gasteiger partial charge on any atom is -0.488 e. The molecule has 0 radical (unpaired) electrons. The van der Waals surface area contributed by atoms with E-state index in [4.69, 9.17) is 27.9 Å². The maximum Gasteiger partial charge on any atom is 0.335 e. The Morgan fingerprint density at radius 1 is 0.881 bits per heavy atom. The number of hydrogen-bond acceptors (Lipinski definition) is 4. The Bertz CT molecular complexity index is 1600. The van der Waals surface area contributed by atoms with E-state index < -0.39 is 17.8 Å². The second-order valence-electron chi connectivity index (χ2n) is 12.3. The first-order valence-corrected chi connectivity index (χ1v) is 15.2. The number of ether oxygens (including phenoxy) is 1. The Morgan fingerprint density at radius 2 is 1.55 bits per heavy atom. The number of urea groups is 1. The zero-order chi connectivity index (χ0) is 29.0. The van der Waals surface area contributed by atoms with Crippen LogP contribution in [-0.4, -0.2) is 17.8 Å². The second-order valence-corrected chi connectivity index (χ2v) is 13.1. The van der Waals surface area contributed by atoms with Gasteiger partial charge in [-0.15, -0.1) is 0 Å². The number of nitrogens with one attached hydrogen (secondary N) is 1. The zero-order valence-corrected chi connectivity index (χ0v) is 24.5. The van der Waals surface area contributed by atoms with Gasteiger partial charge in [0, 0.05) is 21.2 Å². The van der Waals surface area contributed by atoms with Crippen molar-refractivity contribution in [1.29, 1.82) is 0 Å². The van der Waals surface area contributed by atoms with Crippen LogP contribution < -0.4 is 15.0 Å². The molecule has 4 aliphatic carbocycles. The molecule has 8 rings (SSSR count). The van der Waals surface area contributed by atoms with Crippen LogP contribution in [0.4, 0.5) is 10.5 Å². The number of carbonyl (C=O) groups is 3. The first-order valence-electron chi connectivity index (χ1n) is 14.5. The van der Waals surface area contributed by atoms with E-state index in [1.165, 1.54) is 50.2 Å². The number of benzene rings is 3. The Kier molecular flexibility index (Phi) is 6.87. The molecule has 3 aromatic carbocycles. The van der Waals surface area contributed by atoms with E-state index in [0.29, 0.717) is 27.0 Å². The second kappa shape index (κ2) is 10.6. The fourth-order valence-electron chi connectivity index (χ4n) is 8.00. The fourth-order valence-corrected chi connectivity index (χ4v) is 8.46. The molecular formula is C34H30Cl2N2O4. The standard InChI is InChI=1S/C34H30Cl2N2O4/c35-26-8-5-24(29(36)15-26)19-42-30-4-2-1-3-23(30)14-28-31(39)37-33(41)38(32(28)40)27-9-6-25(7-10-27)34-16-20-11-21(17-34)13-22(12-20)18-34/h1-10,14-15,20-22H,11-13,16-19H2,(H,37,39,41)/b28-14+. The molecule has 5 aliphatic rings. The van der Waals surface area contributed by atoms with Gasteiger partial charge in [-0.25, -0.2) is 9.69 Å². The highest BCUT2D eigenvalue weighted by atomic mass is 35.5. The maximum atomic E-state index is 13.6. The van der Waals surface area contributed by atoms with Crippen molar-refractivity contribution in [2.24, 2.45) is 17.8 Å². The van der Waals surface area contributed by atoms with E-state index in [9.17, 15) is 14.4 Å². The number of amides is 4. The Morgan fingerprint density at radius 3 is 2.21 bits per heavy atom. The maximum absolute atomic E-state index is 13.6. The summed E-state index contributed by atoms with van der Waals surface area (Å²) < 4.78 is 6.01. The van der Waals surface area contributed by atoms with E-state index in [1.807, 2.05) is 12.1 Å². The third-order valence-corrected chi connectivity index (χ3v) is 10.1. The average Bonchev–Trinajstić information content (AvgIpc) is 2.95. The van der Waals surface area contributed by atoms with Crippen LogP contribution in [0.3, 0.4) is 0 Å². The van der Waals surface area contributed by atoms with Crippen LogP contribution in [0, 0.1) is 17.8 Å². The molecule has 1 N–H and O–H groups in total. The highest BCUT2D eigenvalue weighted by Gasteiger charge is 2.51. The molecule has 214 valence electrons. The molecule has 0 unspecified atom stereocenters. The Labute approximate surface area is 254 Å². The number of para-hydroxylation sites is 1. The minimum atomic E-state index is -0.758. The molecule has 6 nitrogen and oxygen atoms in total. The molecule has 42 heavy (non-hydrogen) atoms. The van der Waals surface area contributed by atoms with E-state index in [1.54, 1.807) is 42.5 Å². The molecule has 5 fully saturated rings. The van der Waals surface area contributed by atoms with Crippen molar-refractivity contribution in [3.8, 4) is 5.75 Å². The normalized spacial score (nSPS) is 27.5. The van der Waals surface area contributed by atoms with Crippen molar-refractivity contribution in [3.05, 3.63) is 99.0 Å². The van der Waals surface area contributed by atoms with Crippen molar-refractivity contribution in [1.82, 2.24) is 5.32 Å². The number of barbiturate groups is 1. The van der Waals surface area contributed by atoms with Crippen LogP contribution in [0.25, 0.3) is 6.08 Å². The monoisotopic (exact) mass is 600 g/mol. The summed E-state index contributed by atoms with van der Waals surface area (Å²) in [5.74, 6) is 1.49. The zero-order valence-electron chi connectivity index (χ0n) is 22.9. The summed E-state index contributed by atoms with van der Waals surface area (Å²) >= 11 is 12.3. The molecule has 4 saturated carbocycles. The van der Waals surface area contributed by atoms with Crippen LogP contribution in [0.2, 0.25) is 10.0 Å². The summed E-state index contributed by atoms with van der Waals surface area (Å²) in [4.78, 5) is 40.4. The summed E-state index contributed by atoms with van der Waals surface area (Å²) in [5, 5.41) is 3.33. The van der Waals surface area contributed by atoms with Gasteiger partial charge in [-0.2, -0.15) is 0 Å². The van der Waals surface area contributed by atoms with Gasteiger partial charge >= 0.3 is 6.03 Å². The molecule has 4 amide bonds. The third kappa shape index (κ3) is 4.91. The highest BCUT2D eigenvalue weighted by Crippen LogP contribution is 2.60. The van der Waals surface area contributed by atoms with E-state index >= 15 is 0 Å². The number of anilines is 1. The number of imide groups is 2. The lowest BCUT2D eigenvalue weighted by molar-refractivity contribution is -0.122. The molecule has 4 bridgehead atoms. The predicted octanol–water partition coefficient (Wildman–Crippen LogP) is 7.71. The SMILES string of the molecule is O=C1NC(=O)N(c2ccc(C34CC5CC(CC(C5)C3)C4)cc2)C(=O)/C1=C/c1ccccc1OCc1ccc(Cl)cc1Cl. The number of carbonyl (C=O) groups excluding carboxylic acids is 3. The van der Waals surface area contributed by atoms with Crippen molar-refractivity contribution in [2.45, 2.75) is 50.5 Å². The largest absolute Gasteiger partial charge is 0.488 e. The van der Waals surface area contributed by atoms with E-state index in [2.05, 4.69) is 17.4 Å². The van der Waals surface area contributed by atoms with Gasteiger partial charge < -0.3 is 4.74 Å². The summed E-state index contributed by atoms with van der Waals surface area (Å²) in [7, 11) is 0. The van der Waals surface area contributed by atoms with Crippen LogP contribution >= 0.6 is 23.2 Å². The van der Waals surface area contributed by atoms with Gasteiger partial charge in [0.2, 0.25) is 0 Å². The molecule has 8 heteroatoms. The van der Waals surface area contributed by atoms with Gasteiger partial charge in [0.25, 0.3) is 11.8 Å². The average molecular weight is 602 g/mol. The topological polar surface area (TPSA) is 75.7 Å². The number of hydrogen-bond donors (Lipinski definition) is 1. The van der Waals surface area contributed by atoms with Crippen molar-refractivity contribution in [3.63, 3.8) is 0 Å². The van der Waals surface area contributed by atoms with Crippen LogP contribution in [-0.2, 0) is 21.6 Å². The summed E-state index contributed by atoms with van der Waals surface area (Å²) in [5.41, 5.74) is 3.06. The molecular weight excluding hydrogens is 571 g/mol. The minimum absolute atomic E-state index is 0.152. The lowest BCUT2D eigenvalue weighted by Crippen LogP contribution is -2.54. The van der Waals surface area contributed by atoms with Crippen LogP contribution in [0.15, 0.2) is 72.3 Å². The van der Waals surface area contributed by atoms with E-state index in [0.717, 1.165) is 28.2 Å². The van der Waals surface area contributed by atoms with Gasteiger partial charge in [0.1, 0.15) is 17.9 Å². The Hall–Kier alpha value is -3.61. The first kappa shape index (κ1) is 27.2. The number of halogens is 2. The Balaban J connectivity index is 1.13. The van der Waals surface area contributed by atoms with Crippen molar-refractivity contribution in [2.75, 3.05) is 4.90 Å². The third-order valence-electron chi connectivity index (χ3n) is 9.49. The van der Waals surface area contributed by atoms with Crippen LogP contribution in [0.1, 0.15) is 55.2 Å². The van der Waals surface area contributed by atoms with Crippen molar-refractivity contribution >= 4 is 52.8 Å². The summed E-state index contributed by atoms with van der Waals surface area (Å²) in [6.45, 7) is 0.164. The summed E-state index contributed by atoms with van der Waals surface area (Å²) in [6.07, 6.45) is 9.25. The lowest BCUT2D eigenvalue weighted by Gasteiger charge is -2.57. The lowest BCUT2D eigenvalue weighted by atomic mass is 9.48. The molecule has 1 aliphatic heterocycles. The quantitative estimate of drug-likeness (QED) is 0.232. The smallest absolute Gasteiger partial charge is 0.335 e. The first-order chi connectivity index (χ1) is 20.3. The van der Waals surface area contributed by atoms with Gasteiger partial charge in [0.05, 0.1) is 5.69 Å². The van der Waals surface area contributed by atoms with Crippen LogP contribution in [0.5, 0.6) is 5.75 Å². The molecule has 0 atom stereocenters. The molecule has 0 spiro atoms. The number of nitrogens with zero attached hydrogens (tertiary/aromatic N) is 1.